The first-order chi connectivity index (χ1) is 8.30. The van der Waals surface area contributed by atoms with Crippen LogP contribution in [-0.4, -0.2) is 62.0 Å². The highest BCUT2D eigenvalue weighted by Crippen LogP contribution is 1.97. The van der Waals surface area contributed by atoms with Crippen molar-refractivity contribution < 1.29 is 14.2 Å². The van der Waals surface area contributed by atoms with Gasteiger partial charge in [-0.1, -0.05) is 4.32 Å². The van der Waals surface area contributed by atoms with E-state index in [-0.39, 0.29) is 0 Å². The van der Waals surface area contributed by atoms with Gasteiger partial charge in [0, 0.05) is 32.9 Å². The van der Waals surface area contributed by atoms with E-state index < -0.39 is 0 Å². The maximum absolute atomic E-state index is 5.50. The largest absolute Gasteiger partial charge is 0.411 e. The summed E-state index contributed by atoms with van der Waals surface area (Å²) in [6.07, 6.45) is 1.84. The molecule has 100 valence electrons. The molecule has 6 heteroatoms. The van der Waals surface area contributed by atoms with Crippen molar-refractivity contribution in [3.05, 3.63) is 0 Å². The molecule has 17 heavy (non-hydrogen) atoms. The Morgan fingerprint density at radius 2 is 1.41 bits per heavy atom. The van der Waals surface area contributed by atoms with Crippen molar-refractivity contribution in [2.45, 2.75) is 12.8 Å². The van der Waals surface area contributed by atoms with Gasteiger partial charge >= 0.3 is 0 Å². The van der Waals surface area contributed by atoms with Crippen molar-refractivity contribution in [1.29, 1.82) is 0 Å². The van der Waals surface area contributed by atoms with Crippen molar-refractivity contribution >= 4 is 29.2 Å². The summed E-state index contributed by atoms with van der Waals surface area (Å²) in [5.74, 6) is 0. The fourth-order valence-electron chi connectivity index (χ4n) is 1.51. The van der Waals surface area contributed by atoms with Gasteiger partial charge in [0.25, 0.3) is 0 Å². The van der Waals surface area contributed by atoms with Crippen LogP contribution < -0.4 is 0 Å². The third-order valence-corrected chi connectivity index (χ3v) is 2.95. The topological polar surface area (TPSA) is 30.9 Å². The highest BCUT2D eigenvalue weighted by atomic mass is 32.1. The summed E-state index contributed by atoms with van der Waals surface area (Å²) in [5.41, 5.74) is 0. The molecule has 1 saturated heterocycles. The van der Waals surface area contributed by atoms with E-state index in [9.17, 15) is 0 Å². The van der Waals surface area contributed by atoms with Crippen LogP contribution in [0, 0.1) is 0 Å². The second-order valence-electron chi connectivity index (χ2n) is 3.80. The fourth-order valence-corrected chi connectivity index (χ4v) is 1.88. The van der Waals surface area contributed by atoms with E-state index >= 15 is 0 Å². The lowest BCUT2D eigenvalue weighted by Gasteiger charge is -2.28. The van der Waals surface area contributed by atoms with Crippen LogP contribution >= 0.6 is 12.2 Å². The molecule has 0 bridgehead atoms. The maximum Gasteiger partial charge on any atom is 0.0700 e. The third kappa shape index (κ3) is 7.83. The van der Waals surface area contributed by atoms with Gasteiger partial charge in [0.2, 0.25) is 0 Å². The molecule has 0 spiro atoms. The zero-order valence-electron chi connectivity index (χ0n) is 10.1. The predicted molar refractivity (Wildman–Crippen MR) is 73.2 cm³/mol. The van der Waals surface area contributed by atoms with Gasteiger partial charge in [-0.15, -0.1) is 0 Å². The number of hydrogen-bond donors (Lipinski definition) is 0. The van der Waals surface area contributed by atoms with Crippen molar-refractivity contribution in [3.63, 3.8) is 0 Å². The quantitative estimate of drug-likeness (QED) is 0.485. The van der Waals surface area contributed by atoms with Gasteiger partial charge < -0.3 is 44.0 Å². The molecule has 0 aromatic rings. The van der Waals surface area contributed by atoms with E-state index in [2.05, 4.69) is 0 Å². The van der Waals surface area contributed by atoms with Gasteiger partial charge in [0.1, 0.15) is 0 Å². The van der Waals surface area contributed by atoms with Crippen LogP contribution in [-0.2, 0) is 26.8 Å². The van der Waals surface area contributed by atoms with E-state index in [4.69, 9.17) is 39.1 Å². The van der Waals surface area contributed by atoms with Gasteiger partial charge in [0.05, 0.1) is 19.8 Å². The van der Waals surface area contributed by atoms with Crippen molar-refractivity contribution in [2.24, 2.45) is 0 Å². The first kappa shape index (κ1) is 15.0. The Balaban J connectivity index is 2.26. The molecule has 0 aliphatic carbocycles. The molecule has 4 nitrogen and oxygen atoms in total. The summed E-state index contributed by atoms with van der Waals surface area (Å²) >= 11 is 10.1. The second-order valence-corrected chi connectivity index (χ2v) is 4.83. The lowest BCUT2D eigenvalue weighted by molar-refractivity contribution is 0.0287. The van der Waals surface area contributed by atoms with Gasteiger partial charge in [-0.3, -0.25) is 0 Å². The molecule has 1 rings (SSSR count). The molecule has 1 aliphatic heterocycles. The average Bonchev–Trinajstić information content (AvgIpc) is 2.31. The Bertz CT molecular complexity index is 203. The first-order valence-electron chi connectivity index (χ1n) is 6.00. The summed E-state index contributed by atoms with van der Waals surface area (Å²) in [6, 6.07) is 0. The van der Waals surface area contributed by atoms with E-state index in [1.807, 2.05) is 4.90 Å². The normalized spacial score (nSPS) is 21.8. The van der Waals surface area contributed by atoms with Crippen LogP contribution in [0.4, 0.5) is 0 Å². The summed E-state index contributed by atoms with van der Waals surface area (Å²) in [6.45, 7) is 5.75. The Labute approximate surface area is 114 Å². The van der Waals surface area contributed by atoms with Gasteiger partial charge in [-0.25, -0.2) is 0 Å². The van der Waals surface area contributed by atoms with E-state index in [0.717, 1.165) is 45.8 Å². The number of ether oxygens (including phenoxy) is 3. The highest BCUT2D eigenvalue weighted by molar-refractivity contribution is 8.00. The van der Waals surface area contributed by atoms with Crippen LogP contribution in [0.1, 0.15) is 12.8 Å². The van der Waals surface area contributed by atoms with Crippen LogP contribution in [0.15, 0.2) is 0 Å². The third-order valence-electron chi connectivity index (χ3n) is 2.43. The molecular weight excluding hydrogens is 258 g/mol. The zero-order valence-corrected chi connectivity index (χ0v) is 11.7. The van der Waals surface area contributed by atoms with Gasteiger partial charge in [0.15, 0.2) is 0 Å². The maximum atomic E-state index is 5.50. The highest BCUT2D eigenvalue weighted by Gasteiger charge is 2.02. The minimum absolute atomic E-state index is 0.518. The predicted octanol–water partition coefficient (Wildman–Crippen LogP) is 0.964. The zero-order chi connectivity index (χ0) is 12.3. The lowest BCUT2D eigenvalue weighted by atomic mass is 10.4. The van der Waals surface area contributed by atoms with E-state index in [1.165, 1.54) is 0 Å². The molecule has 0 N–H and O–H groups in total. The average molecular weight is 278 g/mol. The molecule has 0 saturated carbocycles. The Kier molecular flexibility index (Phi) is 8.82. The van der Waals surface area contributed by atoms with Crippen LogP contribution in [0.25, 0.3) is 0 Å². The molecule has 1 fully saturated rings. The fraction of sp³-hybridized carbons (Fsp3) is 0.909. The van der Waals surface area contributed by atoms with E-state index in [0.29, 0.717) is 24.1 Å². The number of thiocarbonyl (C=S) groups is 1. The summed E-state index contributed by atoms with van der Waals surface area (Å²) in [5, 5.41) is 0. The molecule has 0 radical (unpaired) electrons. The van der Waals surface area contributed by atoms with Crippen LogP contribution in [0.3, 0.4) is 0 Å². The molecule has 0 amide bonds. The van der Waals surface area contributed by atoms with Gasteiger partial charge in [-0.05, 0) is 12.8 Å². The Hall–Kier alpha value is -0.0100. The number of nitrogens with zero attached hydrogens (tertiary/aromatic N) is 1. The second kappa shape index (κ2) is 9.96. The molecule has 1 aliphatic rings. The SMILES string of the molecule is S=C([S-])N1CCCOCCOCCCOCC1. The molecule has 0 atom stereocenters. The molecule has 1 heterocycles. The van der Waals surface area contributed by atoms with Crippen molar-refractivity contribution in [1.82, 2.24) is 4.90 Å². The standard InChI is InChI=1S/C11H21NO3S2/c16-11(17)12-3-1-5-14-9-10-15-7-2-6-13-8-4-12/h1-10H2,(H,16,17)/p-1. The molecule has 0 unspecified atom stereocenters. The molecular formula is C11H20NO3S2-. The summed E-state index contributed by atoms with van der Waals surface area (Å²) in [7, 11) is 0. The summed E-state index contributed by atoms with van der Waals surface area (Å²) < 4.78 is 16.8. The first-order valence-corrected chi connectivity index (χ1v) is 6.81. The monoisotopic (exact) mass is 278 g/mol. The Morgan fingerprint density at radius 1 is 0.824 bits per heavy atom. The minimum Gasteiger partial charge on any atom is -0.411 e. The summed E-state index contributed by atoms with van der Waals surface area (Å²) in [4.78, 5) is 2.00. The smallest absolute Gasteiger partial charge is 0.0700 e. The Morgan fingerprint density at radius 3 is 2.06 bits per heavy atom. The van der Waals surface area contributed by atoms with Crippen LogP contribution in [0.5, 0.6) is 0 Å². The number of hydrogen-bond acceptors (Lipinski definition) is 5. The molecule has 0 aromatic carbocycles. The minimum atomic E-state index is 0.518. The van der Waals surface area contributed by atoms with Crippen molar-refractivity contribution in [3.8, 4) is 0 Å². The van der Waals surface area contributed by atoms with E-state index in [1.54, 1.807) is 0 Å². The van der Waals surface area contributed by atoms with Crippen LogP contribution in [0.2, 0.25) is 0 Å². The van der Waals surface area contributed by atoms with Crippen molar-refractivity contribution in [2.75, 3.05) is 52.7 Å². The number of rotatable bonds is 0. The van der Waals surface area contributed by atoms with Gasteiger partial charge in [-0.2, -0.15) is 0 Å². The lowest BCUT2D eigenvalue weighted by Crippen LogP contribution is -2.33. The molecule has 0 aromatic heterocycles.